The normalized spacial score (nSPS) is 17.1. The summed E-state index contributed by atoms with van der Waals surface area (Å²) in [5.41, 5.74) is 2.01. The zero-order valence-corrected chi connectivity index (χ0v) is 21.5. The number of carbonyl (C=O) groups is 2. The quantitative estimate of drug-likeness (QED) is 0.518. The van der Waals surface area contributed by atoms with E-state index in [1.165, 1.54) is 5.56 Å². The Hall–Kier alpha value is -3.13. The molecule has 0 spiro atoms. The van der Waals surface area contributed by atoms with E-state index in [-0.39, 0.29) is 11.9 Å². The van der Waals surface area contributed by atoms with Crippen LogP contribution < -0.4 is 15.5 Å². The van der Waals surface area contributed by atoms with Crippen molar-refractivity contribution in [3.05, 3.63) is 54.2 Å². The Labute approximate surface area is 215 Å². The van der Waals surface area contributed by atoms with Gasteiger partial charge in [-0.1, -0.05) is 50.1 Å². The zero-order valence-electron chi connectivity index (χ0n) is 21.5. The van der Waals surface area contributed by atoms with Crippen molar-refractivity contribution >= 4 is 23.4 Å². The molecule has 0 radical (unpaired) electrons. The van der Waals surface area contributed by atoms with Gasteiger partial charge in [-0.25, -0.2) is 9.78 Å². The van der Waals surface area contributed by atoms with E-state index in [2.05, 4.69) is 56.6 Å². The first kappa shape index (κ1) is 25.9. The maximum absolute atomic E-state index is 13.1. The fraction of sp³-hybridized carbons (Fsp3) is 0.536. The third-order valence-corrected chi connectivity index (χ3v) is 7.17. The van der Waals surface area contributed by atoms with Gasteiger partial charge in [0.25, 0.3) is 0 Å². The highest BCUT2D eigenvalue weighted by molar-refractivity contribution is 5.89. The minimum atomic E-state index is -0.196. The molecule has 3 amide bonds. The van der Waals surface area contributed by atoms with Gasteiger partial charge in [-0.2, -0.15) is 0 Å². The summed E-state index contributed by atoms with van der Waals surface area (Å²) < 4.78 is 0. The number of benzene rings is 1. The van der Waals surface area contributed by atoms with E-state index in [4.69, 9.17) is 0 Å². The second-order valence-corrected chi connectivity index (χ2v) is 9.84. The van der Waals surface area contributed by atoms with Crippen LogP contribution in [0.2, 0.25) is 0 Å². The number of hydrogen-bond acceptors (Lipinski definition) is 5. The Morgan fingerprint density at radius 2 is 1.69 bits per heavy atom. The number of rotatable bonds is 9. The number of amides is 3. The number of unbranched alkanes of at least 4 members (excludes halogenated alkanes) is 2. The summed E-state index contributed by atoms with van der Waals surface area (Å²) in [5, 5.41) is 5.71. The molecule has 36 heavy (non-hydrogen) atoms. The molecule has 2 N–H and O–H groups in total. The van der Waals surface area contributed by atoms with Crippen molar-refractivity contribution in [1.29, 1.82) is 0 Å². The lowest BCUT2D eigenvalue weighted by molar-refractivity contribution is -0.137. The summed E-state index contributed by atoms with van der Waals surface area (Å²) in [6, 6.07) is 14.2. The average molecular weight is 493 g/mol. The molecule has 8 nitrogen and oxygen atoms in total. The summed E-state index contributed by atoms with van der Waals surface area (Å²) in [5.74, 6) is 1.33. The van der Waals surface area contributed by atoms with Crippen molar-refractivity contribution in [2.75, 3.05) is 56.0 Å². The Kier molecular flexibility index (Phi) is 9.55. The molecule has 194 valence electrons. The predicted octanol–water partition coefficient (Wildman–Crippen LogP) is 3.95. The first-order chi connectivity index (χ1) is 17.6. The summed E-state index contributed by atoms with van der Waals surface area (Å²) in [6.07, 6.45) is 6.81. The highest BCUT2D eigenvalue weighted by Gasteiger charge is 2.30. The largest absolute Gasteiger partial charge is 0.353 e. The van der Waals surface area contributed by atoms with Crippen LogP contribution in [0.4, 0.5) is 16.3 Å². The minimum Gasteiger partial charge on any atom is -0.353 e. The van der Waals surface area contributed by atoms with E-state index in [1.54, 1.807) is 6.20 Å². The van der Waals surface area contributed by atoms with Crippen LogP contribution in [0, 0.1) is 5.92 Å². The van der Waals surface area contributed by atoms with Crippen LogP contribution in [0.5, 0.6) is 0 Å². The van der Waals surface area contributed by atoms with Crippen molar-refractivity contribution in [2.45, 2.75) is 45.6 Å². The molecule has 2 saturated heterocycles. The molecule has 2 aromatic rings. The minimum absolute atomic E-state index is 0.139. The SMILES string of the molecule is CCCCCNC(=O)Nc1ccc(N2CCN(C(=O)C3CCN(Cc4ccccc4)CC3)CC2)nc1. The van der Waals surface area contributed by atoms with Gasteiger partial charge in [-0.15, -0.1) is 0 Å². The summed E-state index contributed by atoms with van der Waals surface area (Å²) in [7, 11) is 0. The lowest BCUT2D eigenvalue weighted by Crippen LogP contribution is -2.51. The molecule has 3 heterocycles. The van der Waals surface area contributed by atoms with Crippen LogP contribution in [0.3, 0.4) is 0 Å². The molecule has 0 atom stereocenters. The highest BCUT2D eigenvalue weighted by atomic mass is 16.2. The number of piperazine rings is 1. The van der Waals surface area contributed by atoms with Gasteiger partial charge in [0, 0.05) is 45.2 Å². The first-order valence-corrected chi connectivity index (χ1v) is 13.4. The van der Waals surface area contributed by atoms with E-state index in [0.29, 0.717) is 18.1 Å². The van der Waals surface area contributed by atoms with Crippen molar-refractivity contribution in [3.63, 3.8) is 0 Å². The number of nitrogens with zero attached hydrogens (tertiary/aromatic N) is 4. The summed E-state index contributed by atoms with van der Waals surface area (Å²) in [6.45, 7) is 8.75. The molecule has 1 aromatic carbocycles. The maximum Gasteiger partial charge on any atom is 0.319 e. The molecule has 4 rings (SSSR count). The number of nitrogens with one attached hydrogen (secondary N) is 2. The van der Waals surface area contributed by atoms with Gasteiger partial charge >= 0.3 is 6.03 Å². The fourth-order valence-corrected chi connectivity index (χ4v) is 4.99. The van der Waals surface area contributed by atoms with Crippen LogP contribution >= 0.6 is 0 Å². The number of carbonyl (C=O) groups excluding carboxylic acids is 2. The topological polar surface area (TPSA) is 80.8 Å². The molecule has 1 aromatic heterocycles. The summed E-state index contributed by atoms with van der Waals surface area (Å²) >= 11 is 0. The second kappa shape index (κ2) is 13.3. The third-order valence-electron chi connectivity index (χ3n) is 7.17. The van der Waals surface area contributed by atoms with Gasteiger partial charge in [0.05, 0.1) is 11.9 Å². The Morgan fingerprint density at radius 1 is 0.944 bits per heavy atom. The van der Waals surface area contributed by atoms with Crippen molar-refractivity contribution in [1.82, 2.24) is 20.1 Å². The number of anilines is 2. The van der Waals surface area contributed by atoms with E-state index < -0.39 is 0 Å². The van der Waals surface area contributed by atoms with Crippen LogP contribution in [-0.4, -0.2) is 72.5 Å². The fourth-order valence-electron chi connectivity index (χ4n) is 4.99. The molecular formula is C28H40N6O2. The molecule has 0 unspecified atom stereocenters. The van der Waals surface area contributed by atoms with Gasteiger partial charge < -0.3 is 20.4 Å². The molecule has 0 bridgehead atoms. The number of likely N-dealkylation sites (tertiary alicyclic amines) is 1. The van der Waals surface area contributed by atoms with Crippen molar-refractivity contribution in [3.8, 4) is 0 Å². The maximum atomic E-state index is 13.1. The van der Waals surface area contributed by atoms with Crippen LogP contribution in [0.1, 0.15) is 44.6 Å². The smallest absolute Gasteiger partial charge is 0.319 e. The van der Waals surface area contributed by atoms with E-state index in [0.717, 1.165) is 83.7 Å². The molecular weight excluding hydrogens is 452 g/mol. The number of pyridine rings is 1. The van der Waals surface area contributed by atoms with E-state index in [1.807, 2.05) is 23.1 Å². The molecule has 2 aliphatic heterocycles. The Morgan fingerprint density at radius 3 is 2.36 bits per heavy atom. The average Bonchev–Trinajstić information content (AvgIpc) is 2.92. The summed E-state index contributed by atoms with van der Waals surface area (Å²) in [4.78, 5) is 36.4. The molecule has 0 saturated carbocycles. The number of piperidine rings is 1. The first-order valence-electron chi connectivity index (χ1n) is 13.4. The van der Waals surface area contributed by atoms with Crippen LogP contribution in [0.25, 0.3) is 0 Å². The molecule has 2 aliphatic rings. The van der Waals surface area contributed by atoms with Gasteiger partial charge in [0.1, 0.15) is 5.82 Å². The van der Waals surface area contributed by atoms with Gasteiger partial charge in [0.2, 0.25) is 5.91 Å². The van der Waals surface area contributed by atoms with Crippen molar-refractivity contribution in [2.24, 2.45) is 5.92 Å². The van der Waals surface area contributed by atoms with Crippen molar-refractivity contribution < 1.29 is 9.59 Å². The van der Waals surface area contributed by atoms with E-state index >= 15 is 0 Å². The number of aromatic nitrogens is 1. The monoisotopic (exact) mass is 492 g/mol. The Bertz CT molecular complexity index is 952. The van der Waals surface area contributed by atoms with Crippen LogP contribution in [-0.2, 0) is 11.3 Å². The Balaban J connectivity index is 1.17. The van der Waals surface area contributed by atoms with Gasteiger partial charge in [-0.05, 0) is 50.0 Å². The number of urea groups is 1. The second-order valence-electron chi connectivity index (χ2n) is 9.84. The lowest BCUT2D eigenvalue weighted by Gasteiger charge is -2.39. The number of hydrogen-bond donors (Lipinski definition) is 2. The molecule has 0 aliphatic carbocycles. The predicted molar refractivity (Wildman–Crippen MR) is 144 cm³/mol. The molecule has 2 fully saturated rings. The van der Waals surface area contributed by atoms with Gasteiger partial charge in [0.15, 0.2) is 0 Å². The zero-order chi connectivity index (χ0) is 25.2. The van der Waals surface area contributed by atoms with Crippen LogP contribution in [0.15, 0.2) is 48.7 Å². The van der Waals surface area contributed by atoms with E-state index in [9.17, 15) is 9.59 Å². The third kappa shape index (κ3) is 7.43. The standard InChI is InChI=1S/C28H40N6O2/c1-2-3-7-14-29-28(36)31-25-10-11-26(30-21-25)33-17-19-34(20-18-33)27(35)24-12-15-32(16-13-24)22-23-8-5-4-6-9-23/h4-6,8-11,21,24H,2-3,7,12-20,22H2,1H3,(H2,29,31,36). The lowest BCUT2D eigenvalue weighted by atomic mass is 9.94. The highest BCUT2D eigenvalue weighted by Crippen LogP contribution is 2.23. The molecule has 8 heteroatoms. The van der Waals surface area contributed by atoms with Gasteiger partial charge in [-0.3, -0.25) is 9.69 Å².